The lowest BCUT2D eigenvalue weighted by Gasteiger charge is -2.21. The van der Waals surface area contributed by atoms with Gasteiger partial charge in [0.05, 0.1) is 77.8 Å². The van der Waals surface area contributed by atoms with Crippen molar-refractivity contribution in [2.75, 3.05) is 65.9 Å². The largest absolute Gasteiger partial charge is 0.472 e. The van der Waals surface area contributed by atoms with Gasteiger partial charge in [0.15, 0.2) is 0 Å². The number of ketones is 2. The molecule has 23 nitrogen and oxygen atoms in total. The smallest absolute Gasteiger partial charge is 0.463 e. The molecule has 6 atom stereocenters. The van der Waals surface area contributed by atoms with Crippen molar-refractivity contribution < 1.29 is 89.5 Å². The second-order valence-electron chi connectivity index (χ2n) is 12.2. The summed E-state index contributed by atoms with van der Waals surface area (Å²) in [6.07, 6.45) is -1.11. The maximum Gasteiger partial charge on any atom is 0.472 e. The Morgan fingerprint density at radius 2 is 0.911 bits per heavy atom. The number of hydrogen-bond acceptors (Lipinski definition) is 17. The quantitative estimate of drug-likeness (QED) is 0.0228. The first-order valence-electron chi connectivity index (χ1n) is 17.4. The van der Waals surface area contributed by atoms with E-state index < -0.39 is 121 Å². The number of ether oxygens (including phenoxy) is 4. The normalized spacial score (nSPS) is 15.4. The molecule has 4 amide bonds. The van der Waals surface area contributed by atoms with Crippen LogP contribution in [0.5, 0.6) is 0 Å². The highest BCUT2D eigenvalue weighted by atomic mass is 31.2. The summed E-state index contributed by atoms with van der Waals surface area (Å²) in [5.74, 6) is -3.11. The van der Waals surface area contributed by atoms with Gasteiger partial charge in [-0.15, -0.1) is 0 Å². The van der Waals surface area contributed by atoms with E-state index in [4.69, 9.17) is 37.0 Å². The van der Waals surface area contributed by atoms with E-state index >= 15 is 0 Å². The molecule has 0 aliphatic heterocycles. The molecule has 0 aliphatic rings. The van der Waals surface area contributed by atoms with E-state index in [9.17, 15) is 52.5 Å². The average Bonchev–Trinajstić information content (AvgIpc) is 3.05. The highest BCUT2D eigenvalue weighted by Gasteiger charge is 2.26. The minimum absolute atomic E-state index is 0.109. The Bertz CT molecular complexity index is 1270. The lowest BCUT2D eigenvalue weighted by Crippen LogP contribution is -2.42. The zero-order chi connectivity index (χ0) is 42.7. The SMILES string of the molecule is CC(=O)CC(=O)N[C@H](COCC[C@@H](C)OC(C)=O)COP(=O)(O)OCCNC(=O)NCCOP(=O)(O)OC[C@H](COCC[C@@H](C)OC(C)=O)NC(=O)CC(C)=O. The van der Waals surface area contributed by atoms with Crippen molar-refractivity contribution in [2.45, 2.75) is 91.5 Å². The van der Waals surface area contributed by atoms with Gasteiger partial charge in [0.2, 0.25) is 11.8 Å². The van der Waals surface area contributed by atoms with Gasteiger partial charge in [0, 0.05) is 39.8 Å². The van der Waals surface area contributed by atoms with E-state index in [0.29, 0.717) is 12.8 Å². The second kappa shape index (κ2) is 28.9. The Balaban J connectivity index is 4.66. The fourth-order valence-electron chi connectivity index (χ4n) is 4.06. The Hall–Kier alpha value is -3.37. The molecule has 0 fully saturated rings. The van der Waals surface area contributed by atoms with Gasteiger partial charge in [-0.2, -0.15) is 0 Å². The number of urea groups is 1. The molecule has 2 unspecified atom stereocenters. The molecule has 0 radical (unpaired) electrons. The van der Waals surface area contributed by atoms with Gasteiger partial charge < -0.3 is 50.0 Å². The third kappa shape index (κ3) is 31.8. The van der Waals surface area contributed by atoms with Crippen LogP contribution in [0.3, 0.4) is 0 Å². The maximum absolute atomic E-state index is 12.4. The molecule has 0 saturated heterocycles. The molecule has 0 saturated carbocycles. The molecule has 25 heteroatoms. The molecule has 324 valence electrons. The average molecular weight is 851 g/mol. The Morgan fingerprint density at radius 3 is 1.23 bits per heavy atom. The molecular weight excluding hydrogens is 794 g/mol. The van der Waals surface area contributed by atoms with Crippen LogP contribution in [-0.2, 0) is 74.9 Å². The number of rotatable bonds is 32. The minimum Gasteiger partial charge on any atom is -0.463 e. The van der Waals surface area contributed by atoms with E-state index in [1.54, 1.807) is 13.8 Å². The first-order valence-corrected chi connectivity index (χ1v) is 20.4. The third-order valence-electron chi connectivity index (χ3n) is 6.42. The Kier molecular flexibility index (Phi) is 27.2. The predicted molar refractivity (Wildman–Crippen MR) is 193 cm³/mol. The molecule has 0 aliphatic carbocycles. The van der Waals surface area contributed by atoms with Gasteiger partial charge in [0.1, 0.15) is 23.8 Å². The first kappa shape index (κ1) is 52.6. The molecule has 0 heterocycles. The standard InChI is InChI=1S/C31H56N4O19P2/c1-21(36)15-29(40)34-27(17-47-11-7-23(3)53-25(5)38)19-51-55(43,44)49-13-9-32-31(42)33-10-14-50-56(45,46)52-20-28(35-30(41)16-22(2)37)18-48-12-8-24(4)54-26(6)39/h23-24,27-28H,7-20H2,1-6H3,(H,34,40)(H,35,41)(H,43,44)(H,45,46)(H2,32,33,42)/t23-,24-,27-,28+/m1/s1. The third-order valence-corrected chi connectivity index (χ3v) is 8.39. The number of phosphoric acid groups is 2. The summed E-state index contributed by atoms with van der Waals surface area (Å²) < 4.78 is 65.1. The summed E-state index contributed by atoms with van der Waals surface area (Å²) in [6, 6.07) is -2.73. The van der Waals surface area contributed by atoms with E-state index in [-0.39, 0.29) is 39.5 Å². The summed E-state index contributed by atoms with van der Waals surface area (Å²) in [4.78, 5) is 101. The monoisotopic (exact) mass is 850 g/mol. The molecule has 0 aromatic carbocycles. The molecule has 0 bridgehead atoms. The van der Waals surface area contributed by atoms with Crippen molar-refractivity contribution in [2.24, 2.45) is 0 Å². The lowest BCUT2D eigenvalue weighted by atomic mass is 10.2. The molecule has 0 spiro atoms. The number of esters is 2. The number of carbonyl (C=O) groups excluding carboxylic acids is 7. The first-order chi connectivity index (χ1) is 26.1. The Labute approximate surface area is 325 Å². The molecule has 0 aromatic heterocycles. The number of amides is 4. The van der Waals surface area contributed by atoms with Crippen LogP contribution in [0.1, 0.15) is 67.2 Å². The zero-order valence-corrected chi connectivity index (χ0v) is 34.2. The van der Waals surface area contributed by atoms with Crippen molar-refractivity contribution >= 4 is 57.0 Å². The van der Waals surface area contributed by atoms with E-state index in [2.05, 4.69) is 21.3 Å². The summed E-state index contributed by atoms with van der Waals surface area (Å²) in [5, 5.41) is 9.52. The van der Waals surface area contributed by atoms with E-state index in [1.807, 2.05) is 0 Å². The number of phosphoric ester groups is 2. The lowest BCUT2D eigenvalue weighted by molar-refractivity contribution is -0.147. The summed E-state index contributed by atoms with van der Waals surface area (Å²) >= 11 is 0. The van der Waals surface area contributed by atoms with Crippen molar-refractivity contribution in [3.05, 3.63) is 0 Å². The zero-order valence-electron chi connectivity index (χ0n) is 32.4. The van der Waals surface area contributed by atoms with Crippen molar-refractivity contribution in [3.63, 3.8) is 0 Å². The maximum atomic E-state index is 12.4. The van der Waals surface area contributed by atoms with Gasteiger partial charge >= 0.3 is 33.6 Å². The Morgan fingerprint density at radius 1 is 0.554 bits per heavy atom. The van der Waals surface area contributed by atoms with Gasteiger partial charge in [-0.25, -0.2) is 13.9 Å². The van der Waals surface area contributed by atoms with Gasteiger partial charge in [-0.05, 0) is 27.7 Å². The van der Waals surface area contributed by atoms with Gasteiger partial charge in [-0.1, -0.05) is 0 Å². The highest BCUT2D eigenvalue weighted by molar-refractivity contribution is 7.47. The molecule has 6 N–H and O–H groups in total. The van der Waals surface area contributed by atoms with Crippen LogP contribution in [0.4, 0.5) is 4.79 Å². The molecular formula is C31H56N4O19P2. The number of hydrogen-bond donors (Lipinski definition) is 6. The van der Waals surface area contributed by atoms with Crippen LogP contribution in [-0.4, -0.2) is 141 Å². The highest BCUT2D eigenvalue weighted by Crippen LogP contribution is 2.43. The summed E-state index contributed by atoms with van der Waals surface area (Å²) in [5.41, 5.74) is 0. The van der Waals surface area contributed by atoms with E-state index in [0.717, 1.165) is 0 Å². The topological polar surface area (TPSA) is 316 Å². The van der Waals surface area contributed by atoms with Gasteiger partial charge in [-0.3, -0.25) is 46.9 Å². The number of nitrogens with one attached hydrogen (secondary N) is 4. The van der Waals surface area contributed by atoms with Crippen LogP contribution in [0.15, 0.2) is 0 Å². The molecule has 0 aromatic rings. The minimum atomic E-state index is -4.70. The van der Waals surface area contributed by atoms with Crippen LogP contribution in [0.25, 0.3) is 0 Å². The summed E-state index contributed by atoms with van der Waals surface area (Å²) in [6.45, 7) is 5.42. The van der Waals surface area contributed by atoms with Crippen molar-refractivity contribution in [3.8, 4) is 0 Å². The molecule has 56 heavy (non-hydrogen) atoms. The van der Waals surface area contributed by atoms with Crippen LogP contribution >= 0.6 is 15.6 Å². The van der Waals surface area contributed by atoms with E-state index in [1.165, 1.54) is 27.7 Å². The number of carbonyl (C=O) groups is 7. The van der Waals surface area contributed by atoms with Gasteiger partial charge in [0.25, 0.3) is 0 Å². The second-order valence-corrected chi connectivity index (χ2v) is 15.1. The summed E-state index contributed by atoms with van der Waals surface area (Å²) in [7, 11) is -9.39. The molecule has 0 rings (SSSR count). The van der Waals surface area contributed by atoms with Crippen molar-refractivity contribution in [1.82, 2.24) is 21.3 Å². The van der Waals surface area contributed by atoms with Crippen LogP contribution < -0.4 is 21.3 Å². The van der Waals surface area contributed by atoms with Crippen LogP contribution in [0.2, 0.25) is 0 Å². The fraction of sp³-hybridized carbons (Fsp3) is 0.774. The predicted octanol–water partition coefficient (Wildman–Crippen LogP) is 0.197. The van der Waals surface area contributed by atoms with Crippen LogP contribution in [0, 0.1) is 0 Å². The fourth-order valence-corrected chi connectivity index (χ4v) is 5.59. The van der Waals surface area contributed by atoms with Crippen molar-refractivity contribution in [1.29, 1.82) is 0 Å². The number of Topliss-reactive ketones (excluding diaryl/α,β-unsaturated/α-hetero) is 2.